The van der Waals surface area contributed by atoms with Crippen LogP contribution in [0.5, 0.6) is 0 Å². The number of anilines is 1. The summed E-state index contributed by atoms with van der Waals surface area (Å²) in [6, 6.07) is 5.95. The fourth-order valence-corrected chi connectivity index (χ4v) is 1.99. The molecule has 0 radical (unpaired) electrons. The number of thiocarbonyl (C=S) groups is 1. The summed E-state index contributed by atoms with van der Waals surface area (Å²) in [5, 5.41) is 16.1. The second-order valence-electron chi connectivity index (χ2n) is 4.62. The molecule has 0 aromatic heterocycles. The standard InChI is InChI=1S/C14H19N3O3S/c1-2-3-4-5-9-13(18)16-14(21)15-11-7-6-8-12(10-11)17(19)20/h6-8,10H,2-5,9H2,1H3,(H2,15,16,18,21). The van der Waals surface area contributed by atoms with Crippen LogP contribution in [0.25, 0.3) is 0 Å². The van der Waals surface area contributed by atoms with E-state index in [9.17, 15) is 14.9 Å². The van der Waals surface area contributed by atoms with Crippen molar-refractivity contribution in [1.29, 1.82) is 0 Å². The lowest BCUT2D eigenvalue weighted by molar-refractivity contribution is -0.384. The third-order valence-corrected chi connectivity index (χ3v) is 3.03. The molecule has 0 fully saturated rings. The molecule has 2 N–H and O–H groups in total. The highest BCUT2D eigenvalue weighted by atomic mass is 32.1. The zero-order valence-corrected chi connectivity index (χ0v) is 12.7. The van der Waals surface area contributed by atoms with Gasteiger partial charge in [0.05, 0.1) is 4.92 Å². The van der Waals surface area contributed by atoms with Crippen LogP contribution in [0.2, 0.25) is 0 Å². The lowest BCUT2D eigenvalue weighted by atomic mass is 10.1. The van der Waals surface area contributed by atoms with Crippen molar-refractivity contribution in [2.45, 2.75) is 39.0 Å². The van der Waals surface area contributed by atoms with Crippen LogP contribution in [0.4, 0.5) is 11.4 Å². The molecule has 1 aromatic carbocycles. The molecule has 1 rings (SSSR count). The monoisotopic (exact) mass is 309 g/mol. The summed E-state index contributed by atoms with van der Waals surface area (Å²) >= 11 is 5.01. The Morgan fingerprint density at radius 1 is 1.33 bits per heavy atom. The molecule has 0 saturated carbocycles. The zero-order chi connectivity index (χ0) is 15.7. The van der Waals surface area contributed by atoms with Gasteiger partial charge in [0.1, 0.15) is 0 Å². The van der Waals surface area contributed by atoms with Crippen molar-refractivity contribution in [3.63, 3.8) is 0 Å². The Kier molecular flexibility index (Phi) is 7.31. The molecule has 21 heavy (non-hydrogen) atoms. The topological polar surface area (TPSA) is 84.3 Å². The number of nitro groups is 1. The number of nitrogens with zero attached hydrogens (tertiary/aromatic N) is 1. The third kappa shape index (κ3) is 6.80. The molecule has 6 nitrogen and oxygen atoms in total. The van der Waals surface area contributed by atoms with Crippen molar-refractivity contribution in [3.8, 4) is 0 Å². The zero-order valence-electron chi connectivity index (χ0n) is 11.9. The predicted octanol–water partition coefficient (Wildman–Crippen LogP) is 3.38. The highest BCUT2D eigenvalue weighted by Gasteiger charge is 2.08. The van der Waals surface area contributed by atoms with E-state index in [1.807, 2.05) is 0 Å². The first-order chi connectivity index (χ1) is 10.0. The maximum absolute atomic E-state index is 11.6. The van der Waals surface area contributed by atoms with Crippen LogP contribution < -0.4 is 10.6 Å². The molecule has 0 unspecified atom stereocenters. The Bertz CT molecular complexity index is 520. The number of carbonyl (C=O) groups is 1. The number of hydrogen-bond donors (Lipinski definition) is 2. The van der Waals surface area contributed by atoms with Gasteiger partial charge in [-0.2, -0.15) is 0 Å². The van der Waals surface area contributed by atoms with Gasteiger partial charge in [-0.25, -0.2) is 0 Å². The van der Waals surface area contributed by atoms with E-state index in [4.69, 9.17) is 12.2 Å². The van der Waals surface area contributed by atoms with Crippen molar-refractivity contribution < 1.29 is 9.72 Å². The summed E-state index contributed by atoms with van der Waals surface area (Å²) in [5.74, 6) is -0.144. The Morgan fingerprint density at radius 3 is 2.76 bits per heavy atom. The fraction of sp³-hybridized carbons (Fsp3) is 0.429. The number of carbonyl (C=O) groups excluding carboxylic acids is 1. The van der Waals surface area contributed by atoms with E-state index >= 15 is 0 Å². The molecule has 114 valence electrons. The molecule has 0 spiro atoms. The van der Waals surface area contributed by atoms with Crippen molar-refractivity contribution in [1.82, 2.24) is 5.32 Å². The van der Waals surface area contributed by atoms with Gasteiger partial charge >= 0.3 is 0 Å². The van der Waals surface area contributed by atoms with Gasteiger partial charge in [-0.15, -0.1) is 0 Å². The van der Waals surface area contributed by atoms with E-state index in [0.717, 1.165) is 25.7 Å². The fourth-order valence-electron chi connectivity index (χ4n) is 1.76. The number of non-ortho nitro benzene ring substituents is 1. The van der Waals surface area contributed by atoms with Crippen LogP contribution in [0.15, 0.2) is 24.3 Å². The summed E-state index contributed by atoms with van der Waals surface area (Å²) in [7, 11) is 0. The van der Waals surface area contributed by atoms with Crippen molar-refractivity contribution >= 4 is 34.6 Å². The first kappa shape index (κ1) is 17.0. The van der Waals surface area contributed by atoms with Crippen molar-refractivity contribution in [2.24, 2.45) is 0 Å². The van der Waals surface area contributed by atoms with Crippen LogP contribution >= 0.6 is 12.2 Å². The second-order valence-corrected chi connectivity index (χ2v) is 5.03. The number of amides is 1. The molecule has 7 heteroatoms. The second kappa shape index (κ2) is 9.02. The average Bonchev–Trinajstić information content (AvgIpc) is 2.43. The van der Waals surface area contributed by atoms with Crippen LogP contribution in [-0.2, 0) is 4.79 Å². The summed E-state index contributed by atoms with van der Waals surface area (Å²) in [4.78, 5) is 21.8. The van der Waals surface area contributed by atoms with Gasteiger partial charge < -0.3 is 10.6 Å². The Morgan fingerprint density at radius 2 is 2.10 bits per heavy atom. The summed E-state index contributed by atoms with van der Waals surface area (Å²) < 4.78 is 0. The van der Waals surface area contributed by atoms with E-state index in [1.54, 1.807) is 12.1 Å². The lowest BCUT2D eigenvalue weighted by Gasteiger charge is -2.09. The normalized spacial score (nSPS) is 9.95. The predicted molar refractivity (Wildman–Crippen MR) is 86.2 cm³/mol. The number of hydrogen-bond acceptors (Lipinski definition) is 4. The Hall–Kier alpha value is -2.02. The van der Waals surface area contributed by atoms with Crippen molar-refractivity contribution in [2.75, 3.05) is 5.32 Å². The molecule has 0 aliphatic carbocycles. The first-order valence-corrected chi connectivity index (χ1v) is 7.29. The molecule has 0 atom stereocenters. The van der Waals surface area contributed by atoms with Gasteiger partial charge in [0.25, 0.3) is 5.69 Å². The third-order valence-electron chi connectivity index (χ3n) is 2.83. The summed E-state index contributed by atoms with van der Waals surface area (Å²) in [6.45, 7) is 2.11. The lowest BCUT2D eigenvalue weighted by Crippen LogP contribution is -2.33. The number of unbranched alkanes of at least 4 members (excludes halogenated alkanes) is 3. The number of nitrogens with one attached hydrogen (secondary N) is 2. The SMILES string of the molecule is CCCCCCC(=O)NC(=S)Nc1cccc([N+](=O)[O-])c1. The van der Waals surface area contributed by atoms with E-state index in [2.05, 4.69) is 17.6 Å². The first-order valence-electron chi connectivity index (χ1n) is 6.88. The summed E-state index contributed by atoms with van der Waals surface area (Å²) in [6.07, 6.45) is 4.52. The quantitative estimate of drug-likeness (QED) is 0.349. The molecule has 0 aliphatic heterocycles. The van der Waals surface area contributed by atoms with Crippen LogP contribution in [0.3, 0.4) is 0 Å². The average molecular weight is 309 g/mol. The summed E-state index contributed by atoms with van der Waals surface area (Å²) in [5.41, 5.74) is 0.439. The highest BCUT2D eigenvalue weighted by molar-refractivity contribution is 7.80. The van der Waals surface area contributed by atoms with E-state index in [0.29, 0.717) is 12.1 Å². The molecular formula is C14H19N3O3S. The molecule has 0 bridgehead atoms. The highest BCUT2D eigenvalue weighted by Crippen LogP contribution is 2.16. The largest absolute Gasteiger partial charge is 0.332 e. The number of nitro benzene ring substituents is 1. The van der Waals surface area contributed by atoms with Gasteiger partial charge in [-0.1, -0.05) is 32.3 Å². The van der Waals surface area contributed by atoms with Gasteiger partial charge in [0.15, 0.2) is 5.11 Å². The van der Waals surface area contributed by atoms with Crippen molar-refractivity contribution in [3.05, 3.63) is 34.4 Å². The van der Waals surface area contributed by atoms with Gasteiger partial charge in [-0.05, 0) is 24.7 Å². The maximum Gasteiger partial charge on any atom is 0.271 e. The smallest absolute Gasteiger partial charge is 0.271 e. The molecule has 1 amide bonds. The molecule has 1 aromatic rings. The van der Waals surface area contributed by atoms with Gasteiger partial charge in [0.2, 0.25) is 5.91 Å². The van der Waals surface area contributed by atoms with Gasteiger partial charge in [-0.3, -0.25) is 14.9 Å². The number of rotatable bonds is 7. The van der Waals surface area contributed by atoms with Gasteiger partial charge in [0, 0.05) is 24.2 Å². The number of benzene rings is 1. The van der Waals surface area contributed by atoms with Crippen LogP contribution in [-0.4, -0.2) is 15.9 Å². The minimum absolute atomic E-state index is 0.0336. The molecule has 0 saturated heterocycles. The minimum atomic E-state index is -0.486. The van der Waals surface area contributed by atoms with E-state index < -0.39 is 4.92 Å². The minimum Gasteiger partial charge on any atom is -0.332 e. The Labute approximate surface area is 129 Å². The molecule has 0 heterocycles. The molecular weight excluding hydrogens is 290 g/mol. The van der Waals surface area contributed by atoms with Crippen LogP contribution in [0, 0.1) is 10.1 Å². The Balaban J connectivity index is 2.41. The van der Waals surface area contributed by atoms with Crippen LogP contribution in [0.1, 0.15) is 39.0 Å². The van der Waals surface area contributed by atoms with E-state index in [-0.39, 0.29) is 16.7 Å². The van der Waals surface area contributed by atoms with E-state index in [1.165, 1.54) is 12.1 Å². The molecule has 0 aliphatic rings. The maximum atomic E-state index is 11.6.